The summed E-state index contributed by atoms with van der Waals surface area (Å²) in [5.74, 6) is 0.598. The Kier molecular flexibility index (Phi) is 7.63. The van der Waals surface area contributed by atoms with Crippen LogP contribution in [0.15, 0.2) is 78.2 Å². The van der Waals surface area contributed by atoms with E-state index >= 15 is 0 Å². The summed E-state index contributed by atoms with van der Waals surface area (Å²) >= 11 is 0. The minimum Gasteiger partial charge on any atom is -0.494 e. The van der Waals surface area contributed by atoms with Crippen LogP contribution in [0, 0.1) is 0 Å². The SMILES string of the molecule is CCCCCCOc1ccc(/C=N\NC(=O)c2ccccc2-n2cccc2)cc1. The summed E-state index contributed by atoms with van der Waals surface area (Å²) in [7, 11) is 0. The lowest BCUT2D eigenvalue weighted by Gasteiger charge is -2.09. The van der Waals surface area contributed by atoms with Gasteiger partial charge in [0.1, 0.15) is 5.75 Å². The summed E-state index contributed by atoms with van der Waals surface area (Å²) in [6, 6.07) is 19.0. The Morgan fingerprint density at radius 1 is 1.00 bits per heavy atom. The Labute approximate surface area is 172 Å². The molecule has 0 fully saturated rings. The van der Waals surface area contributed by atoms with E-state index in [0.717, 1.165) is 30.0 Å². The Balaban J connectivity index is 1.53. The predicted octanol–water partition coefficient (Wildman–Crippen LogP) is 5.20. The van der Waals surface area contributed by atoms with Crippen molar-refractivity contribution in [3.05, 3.63) is 84.2 Å². The molecule has 150 valence electrons. The summed E-state index contributed by atoms with van der Waals surface area (Å²) in [6.07, 6.45) is 10.2. The molecule has 2 aromatic carbocycles. The molecule has 0 aliphatic rings. The fourth-order valence-electron chi connectivity index (χ4n) is 2.98. The zero-order valence-corrected chi connectivity index (χ0v) is 16.8. The van der Waals surface area contributed by atoms with E-state index in [9.17, 15) is 4.79 Å². The van der Waals surface area contributed by atoms with Gasteiger partial charge in [0.25, 0.3) is 5.91 Å². The third-order valence-electron chi connectivity index (χ3n) is 4.56. The smallest absolute Gasteiger partial charge is 0.273 e. The lowest BCUT2D eigenvalue weighted by molar-refractivity contribution is 0.0955. The van der Waals surface area contributed by atoms with Gasteiger partial charge in [-0.1, -0.05) is 38.3 Å². The first-order chi connectivity index (χ1) is 14.3. The van der Waals surface area contributed by atoms with Gasteiger partial charge in [-0.15, -0.1) is 0 Å². The number of hydrogen-bond donors (Lipinski definition) is 1. The number of aromatic nitrogens is 1. The highest BCUT2D eigenvalue weighted by atomic mass is 16.5. The van der Waals surface area contributed by atoms with Crippen molar-refractivity contribution in [3.63, 3.8) is 0 Å². The molecular formula is C24H27N3O2. The Hall–Kier alpha value is -3.34. The van der Waals surface area contributed by atoms with E-state index in [2.05, 4.69) is 17.5 Å². The number of nitrogens with one attached hydrogen (secondary N) is 1. The number of hydrazone groups is 1. The van der Waals surface area contributed by atoms with Crippen LogP contribution in [-0.2, 0) is 0 Å². The van der Waals surface area contributed by atoms with Gasteiger partial charge in [-0.3, -0.25) is 4.79 Å². The molecule has 1 N–H and O–H groups in total. The lowest BCUT2D eigenvalue weighted by atomic mass is 10.1. The predicted molar refractivity (Wildman–Crippen MR) is 117 cm³/mol. The van der Waals surface area contributed by atoms with Crippen molar-refractivity contribution in [1.29, 1.82) is 0 Å². The van der Waals surface area contributed by atoms with Crippen LogP contribution < -0.4 is 10.2 Å². The van der Waals surface area contributed by atoms with Crippen molar-refractivity contribution in [2.75, 3.05) is 6.61 Å². The molecule has 29 heavy (non-hydrogen) atoms. The summed E-state index contributed by atoms with van der Waals surface area (Å²) in [4.78, 5) is 12.5. The molecule has 0 saturated heterocycles. The standard InChI is InChI=1S/C24H27N3O2/c1-2-3-4-9-18-29-21-14-12-20(13-15-21)19-25-26-24(28)22-10-5-6-11-23(22)27-16-7-8-17-27/h5-8,10-17,19H,2-4,9,18H2,1H3,(H,26,28)/b25-19-. The van der Waals surface area contributed by atoms with Gasteiger partial charge in [0.2, 0.25) is 0 Å². The second kappa shape index (κ2) is 10.9. The zero-order chi connectivity index (χ0) is 20.3. The Morgan fingerprint density at radius 2 is 1.76 bits per heavy atom. The maximum absolute atomic E-state index is 12.5. The molecule has 1 heterocycles. The molecule has 0 bridgehead atoms. The number of carbonyl (C=O) groups excluding carboxylic acids is 1. The highest BCUT2D eigenvalue weighted by Crippen LogP contribution is 2.15. The quantitative estimate of drug-likeness (QED) is 0.294. The monoisotopic (exact) mass is 389 g/mol. The summed E-state index contributed by atoms with van der Waals surface area (Å²) < 4.78 is 7.64. The van der Waals surface area contributed by atoms with Gasteiger partial charge in [0.15, 0.2) is 0 Å². The van der Waals surface area contributed by atoms with Crippen LogP contribution in [0.5, 0.6) is 5.75 Å². The molecule has 0 unspecified atom stereocenters. The number of benzene rings is 2. The van der Waals surface area contributed by atoms with Gasteiger partial charge in [-0.2, -0.15) is 5.10 Å². The Morgan fingerprint density at radius 3 is 2.52 bits per heavy atom. The minimum atomic E-state index is -0.252. The first-order valence-corrected chi connectivity index (χ1v) is 10.1. The zero-order valence-electron chi connectivity index (χ0n) is 16.8. The molecule has 0 atom stereocenters. The second-order valence-corrected chi connectivity index (χ2v) is 6.78. The molecule has 1 aromatic heterocycles. The van der Waals surface area contributed by atoms with Gasteiger partial charge >= 0.3 is 0 Å². The fraction of sp³-hybridized carbons (Fsp3) is 0.250. The van der Waals surface area contributed by atoms with E-state index in [4.69, 9.17) is 4.74 Å². The minimum absolute atomic E-state index is 0.252. The van der Waals surface area contributed by atoms with Crippen molar-refractivity contribution in [2.24, 2.45) is 5.10 Å². The lowest BCUT2D eigenvalue weighted by Crippen LogP contribution is -2.19. The Bertz CT molecular complexity index is 916. The van der Waals surface area contributed by atoms with Crippen LogP contribution in [0.1, 0.15) is 48.5 Å². The van der Waals surface area contributed by atoms with Crippen molar-refractivity contribution in [2.45, 2.75) is 32.6 Å². The molecule has 5 nitrogen and oxygen atoms in total. The normalized spacial score (nSPS) is 10.9. The number of para-hydroxylation sites is 1. The van der Waals surface area contributed by atoms with Crippen LogP contribution in [0.2, 0.25) is 0 Å². The molecule has 1 amide bonds. The average molecular weight is 389 g/mol. The molecule has 5 heteroatoms. The molecule has 0 saturated carbocycles. The highest BCUT2D eigenvalue weighted by Gasteiger charge is 2.10. The van der Waals surface area contributed by atoms with Crippen molar-refractivity contribution < 1.29 is 9.53 Å². The number of unbranched alkanes of at least 4 members (excludes halogenated alkanes) is 3. The van der Waals surface area contributed by atoms with Gasteiger partial charge in [-0.05, 0) is 60.5 Å². The van der Waals surface area contributed by atoms with Gasteiger partial charge in [0, 0.05) is 12.4 Å². The van der Waals surface area contributed by atoms with Gasteiger partial charge in [0.05, 0.1) is 24.1 Å². The van der Waals surface area contributed by atoms with Crippen LogP contribution in [0.3, 0.4) is 0 Å². The van der Waals surface area contributed by atoms with E-state index in [1.54, 1.807) is 12.3 Å². The largest absolute Gasteiger partial charge is 0.494 e. The average Bonchev–Trinajstić information content (AvgIpc) is 3.29. The van der Waals surface area contributed by atoms with Crippen LogP contribution in [0.4, 0.5) is 0 Å². The molecule has 0 aliphatic carbocycles. The van der Waals surface area contributed by atoms with Crippen molar-refractivity contribution in [1.82, 2.24) is 9.99 Å². The van der Waals surface area contributed by atoms with E-state index in [1.165, 1.54) is 19.3 Å². The van der Waals surface area contributed by atoms with Crippen LogP contribution >= 0.6 is 0 Å². The van der Waals surface area contributed by atoms with Crippen LogP contribution in [-0.4, -0.2) is 23.3 Å². The number of hydrogen-bond acceptors (Lipinski definition) is 3. The number of ether oxygens (including phenoxy) is 1. The van der Waals surface area contributed by atoms with Crippen molar-refractivity contribution in [3.8, 4) is 11.4 Å². The third-order valence-corrected chi connectivity index (χ3v) is 4.56. The maximum atomic E-state index is 12.5. The molecule has 3 aromatic rings. The fourth-order valence-corrected chi connectivity index (χ4v) is 2.98. The van der Waals surface area contributed by atoms with E-state index in [1.807, 2.05) is 71.6 Å². The molecule has 3 rings (SSSR count). The first-order valence-electron chi connectivity index (χ1n) is 10.1. The topological polar surface area (TPSA) is 55.6 Å². The third kappa shape index (κ3) is 6.07. The number of rotatable bonds is 10. The summed E-state index contributed by atoms with van der Waals surface area (Å²) in [5.41, 5.74) is 4.87. The van der Waals surface area contributed by atoms with Gasteiger partial charge in [-0.25, -0.2) is 5.43 Å². The number of amides is 1. The van der Waals surface area contributed by atoms with Crippen molar-refractivity contribution >= 4 is 12.1 Å². The first kappa shape index (κ1) is 20.4. The van der Waals surface area contributed by atoms with Gasteiger partial charge < -0.3 is 9.30 Å². The van der Waals surface area contributed by atoms with E-state index in [-0.39, 0.29) is 5.91 Å². The molecule has 0 spiro atoms. The second-order valence-electron chi connectivity index (χ2n) is 6.78. The van der Waals surface area contributed by atoms with E-state index in [0.29, 0.717) is 5.56 Å². The summed E-state index contributed by atoms with van der Waals surface area (Å²) in [5, 5.41) is 4.09. The number of nitrogens with zero attached hydrogens (tertiary/aromatic N) is 2. The molecule has 0 radical (unpaired) electrons. The number of carbonyl (C=O) groups is 1. The maximum Gasteiger partial charge on any atom is 0.273 e. The summed E-state index contributed by atoms with van der Waals surface area (Å²) in [6.45, 7) is 2.94. The van der Waals surface area contributed by atoms with E-state index < -0.39 is 0 Å². The molecule has 0 aliphatic heterocycles. The van der Waals surface area contributed by atoms with Crippen LogP contribution in [0.25, 0.3) is 5.69 Å². The molecular weight excluding hydrogens is 362 g/mol. The highest BCUT2D eigenvalue weighted by molar-refractivity contribution is 5.98.